The van der Waals surface area contributed by atoms with Crippen molar-refractivity contribution in [3.63, 3.8) is 0 Å². The highest BCUT2D eigenvalue weighted by Gasteiger charge is 2.20. The second-order valence-electron chi connectivity index (χ2n) is 6.17. The molecule has 2 aromatic carbocycles. The molecule has 0 aliphatic carbocycles. The van der Waals surface area contributed by atoms with Crippen molar-refractivity contribution in [2.75, 3.05) is 23.3 Å². The van der Waals surface area contributed by atoms with Crippen molar-refractivity contribution >= 4 is 17.3 Å². The van der Waals surface area contributed by atoms with E-state index in [2.05, 4.69) is 10.2 Å². The number of hydrogen-bond acceptors (Lipinski definition) is 3. The molecular formula is C19H21FN2O2. The van der Waals surface area contributed by atoms with Gasteiger partial charge in [-0.2, -0.15) is 0 Å². The summed E-state index contributed by atoms with van der Waals surface area (Å²) in [5.41, 5.74) is 2.35. The second-order valence-corrected chi connectivity index (χ2v) is 6.17. The minimum atomic E-state index is -0.522. The van der Waals surface area contributed by atoms with Crippen LogP contribution in [0.1, 0.15) is 28.8 Å². The summed E-state index contributed by atoms with van der Waals surface area (Å²) in [7, 11) is 0. The Kier molecular flexibility index (Phi) is 4.81. The number of nitrogens with one attached hydrogen (secondary N) is 1. The normalized spacial score (nSPS) is 15.4. The Morgan fingerprint density at radius 1 is 1.21 bits per heavy atom. The second kappa shape index (κ2) is 7.01. The highest BCUT2D eigenvalue weighted by atomic mass is 19.1. The Labute approximate surface area is 140 Å². The third-order valence-corrected chi connectivity index (χ3v) is 4.33. The molecule has 0 aromatic heterocycles. The number of hydrogen-bond donors (Lipinski definition) is 2. The van der Waals surface area contributed by atoms with Gasteiger partial charge in [-0.15, -0.1) is 0 Å². The van der Waals surface area contributed by atoms with Crippen LogP contribution in [0.4, 0.5) is 15.8 Å². The Hall–Kier alpha value is -2.40. The van der Waals surface area contributed by atoms with Gasteiger partial charge < -0.3 is 15.3 Å². The average molecular weight is 328 g/mol. The Bertz CT molecular complexity index is 740. The van der Waals surface area contributed by atoms with E-state index in [1.54, 1.807) is 13.0 Å². The number of anilines is 2. The van der Waals surface area contributed by atoms with Crippen molar-refractivity contribution in [3.8, 4) is 0 Å². The Morgan fingerprint density at radius 3 is 2.62 bits per heavy atom. The molecule has 4 nitrogen and oxygen atoms in total. The van der Waals surface area contributed by atoms with Crippen molar-refractivity contribution < 1.29 is 14.3 Å². The maximum absolute atomic E-state index is 14.0. The molecule has 1 aliphatic heterocycles. The summed E-state index contributed by atoms with van der Waals surface area (Å²) in [5.74, 6) is -0.983. The van der Waals surface area contributed by atoms with Crippen LogP contribution in [0.15, 0.2) is 42.5 Å². The van der Waals surface area contributed by atoms with Crippen LogP contribution in [0.2, 0.25) is 0 Å². The smallest absolute Gasteiger partial charge is 0.258 e. The molecule has 1 saturated heterocycles. The van der Waals surface area contributed by atoms with Crippen molar-refractivity contribution in [2.24, 2.45) is 0 Å². The summed E-state index contributed by atoms with van der Waals surface area (Å²) in [6.45, 7) is 3.24. The van der Waals surface area contributed by atoms with Crippen LogP contribution in [0, 0.1) is 12.7 Å². The highest BCUT2D eigenvalue weighted by molar-refractivity contribution is 6.06. The molecule has 0 bridgehead atoms. The van der Waals surface area contributed by atoms with Gasteiger partial charge in [0.2, 0.25) is 0 Å². The topological polar surface area (TPSA) is 52.6 Å². The zero-order chi connectivity index (χ0) is 17.1. The Balaban J connectivity index is 1.81. The lowest BCUT2D eigenvalue weighted by Crippen LogP contribution is -2.36. The highest BCUT2D eigenvalue weighted by Crippen LogP contribution is 2.29. The number of halogens is 1. The van der Waals surface area contributed by atoms with E-state index in [0.29, 0.717) is 18.5 Å². The van der Waals surface area contributed by atoms with E-state index in [4.69, 9.17) is 0 Å². The summed E-state index contributed by atoms with van der Waals surface area (Å²) >= 11 is 0. The van der Waals surface area contributed by atoms with Crippen LogP contribution in [0.5, 0.6) is 0 Å². The van der Waals surface area contributed by atoms with E-state index in [1.807, 2.05) is 24.3 Å². The predicted molar refractivity (Wildman–Crippen MR) is 93.0 cm³/mol. The number of rotatable bonds is 3. The lowest BCUT2D eigenvalue weighted by molar-refractivity contribution is 0.102. The fourth-order valence-electron chi connectivity index (χ4n) is 2.96. The van der Waals surface area contributed by atoms with Gasteiger partial charge in [-0.1, -0.05) is 18.2 Å². The molecule has 0 saturated carbocycles. The molecule has 24 heavy (non-hydrogen) atoms. The number of carbonyl (C=O) groups is 1. The minimum Gasteiger partial charge on any atom is -0.393 e. The molecule has 3 rings (SSSR count). The number of piperidine rings is 1. The summed E-state index contributed by atoms with van der Waals surface area (Å²) in [5, 5.41) is 12.5. The largest absolute Gasteiger partial charge is 0.393 e. The fraction of sp³-hybridized carbons (Fsp3) is 0.316. The SMILES string of the molecule is Cc1ccc(C(=O)Nc2ccccc2N2CCC(O)CC2)c(F)c1. The molecule has 126 valence electrons. The van der Waals surface area contributed by atoms with Gasteiger partial charge in [-0.3, -0.25) is 4.79 Å². The maximum Gasteiger partial charge on any atom is 0.258 e. The van der Waals surface area contributed by atoms with Gasteiger partial charge in [-0.25, -0.2) is 4.39 Å². The van der Waals surface area contributed by atoms with Gasteiger partial charge in [0, 0.05) is 13.1 Å². The number of aliphatic hydroxyl groups is 1. The molecule has 2 aromatic rings. The molecular weight excluding hydrogens is 307 g/mol. The van der Waals surface area contributed by atoms with Crippen molar-refractivity contribution in [2.45, 2.75) is 25.9 Å². The first-order valence-electron chi connectivity index (χ1n) is 8.14. The van der Waals surface area contributed by atoms with E-state index in [1.165, 1.54) is 12.1 Å². The molecule has 1 amide bonds. The van der Waals surface area contributed by atoms with Crippen LogP contribution in [0.25, 0.3) is 0 Å². The van der Waals surface area contributed by atoms with Crippen LogP contribution >= 0.6 is 0 Å². The van der Waals surface area contributed by atoms with Gasteiger partial charge in [0.25, 0.3) is 5.91 Å². The molecule has 0 radical (unpaired) electrons. The van der Waals surface area contributed by atoms with Gasteiger partial charge in [-0.05, 0) is 49.6 Å². The first-order valence-corrected chi connectivity index (χ1v) is 8.14. The average Bonchev–Trinajstić information content (AvgIpc) is 2.56. The van der Waals surface area contributed by atoms with Gasteiger partial charge in [0.15, 0.2) is 0 Å². The quantitative estimate of drug-likeness (QED) is 0.908. The Morgan fingerprint density at radius 2 is 1.92 bits per heavy atom. The van der Waals surface area contributed by atoms with E-state index >= 15 is 0 Å². The predicted octanol–water partition coefficient (Wildman–Crippen LogP) is 3.35. The van der Waals surface area contributed by atoms with E-state index in [-0.39, 0.29) is 11.7 Å². The van der Waals surface area contributed by atoms with E-state index < -0.39 is 11.7 Å². The summed E-state index contributed by atoms with van der Waals surface area (Å²) in [4.78, 5) is 14.6. The van der Waals surface area contributed by atoms with Crippen LogP contribution in [-0.2, 0) is 0 Å². The van der Waals surface area contributed by atoms with Crippen molar-refractivity contribution in [1.29, 1.82) is 0 Å². The fourth-order valence-corrected chi connectivity index (χ4v) is 2.96. The number of benzene rings is 2. The van der Waals surface area contributed by atoms with Gasteiger partial charge >= 0.3 is 0 Å². The van der Waals surface area contributed by atoms with Gasteiger partial charge in [0.05, 0.1) is 23.0 Å². The number of carbonyl (C=O) groups excluding carboxylic acids is 1. The van der Waals surface area contributed by atoms with Gasteiger partial charge in [0.1, 0.15) is 5.82 Å². The minimum absolute atomic E-state index is 0.0319. The molecule has 1 heterocycles. The van der Waals surface area contributed by atoms with E-state index in [0.717, 1.165) is 24.3 Å². The zero-order valence-corrected chi connectivity index (χ0v) is 13.6. The zero-order valence-electron chi connectivity index (χ0n) is 13.6. The van der Waals surface area contributed by atoms with Crippen LogP contribution in [-0.4, -0.2) is 30.2 Å². The lowest BCUT2D eigenvalue weighted by atomic mass is 10.1. The first-order chi connectivity index (χ1) is 11.5. The lowest BCUT2D eigenvalue weighted by Gasteiger charge is -2.32. The monoisotopic (exact) mass is 328 g/mol. The molecule has 5 heteroatoms. The number of aryl methyl sites for hydroxylation is 1. The number of aliphatic hydroxyl groups excluding tert-OH is 1. The summed E-state index contributed by atoms with van der Waals surface area (Å²) in [6, 6.07) is 12.1. The first kappa shape index (κ1) is 16.5. The molecule has 0 unspecified atom stereocenters. The molecule has 1 aliphatic rings. The number of nitrogens with zero attached hydrogens (tertiary/aromatic N) is 1. The molecule has 0 spiro atoms. The number of amides is 1. The van der Waals surface area contributed by atoms with E-state index in [9.17, 15) is 14.3 Å². The third kappa shape index (κ3) is 3.57. The van der Waals surface area contributed by atoms with Crippen molar-refractivity contribution in [1.82, 2.24) is 0 Å². The number of para-hydroxylation sites is 2. The molecule has 2 N–H and O–H groups in total. The van der Waals surface area contributed by atoms with Crippen molar-refractivity contribution in [3.05, 3.63) is 59.4 Å². The molecule has 0 atom stereocenters. The molecule has 1 fully saturated rings. The summed E-state index contributed by atoms with van der Waals surface area (Å²) in [6.07, 6.45) is 1.15. The van der Waals surface area contributed by atoms with Crippen LogP contribution in [0.3, 0.4) is 0 Å². The summed E-state index contributed by atoms with van der Waals surface area (Å²) < 4.78 is 14.0. The third-order valence-electron chi connectivity index (χ3n) is 4.33. The standard InChI is InChI=1S/C19H21FN2O2/c1-13-6-7-15(16(20)12-13)19(24)21-17-4-2-3-5-18(17)22-10-8-14(23)9-11-22/h2-7,12,14,23H,8-11H2,1H3,(H,21,24). The van der Waals surface area contributed by atoms with Crippen LogP contribution < -0.4 is 10.2 Å². The maximum atomic E-state index is 14.0.